The fourth-order valence-corrected chi connectivity index (χ4v) is 2.54. The number of hydrogen-bond donors (Lipinski definition) is 1. The molecule has 2 rings (SSSR count). The first-order valence-corrected chi connectivity index (χ1v) is 8.36. The van der Waals surface area contributed by atoms with E-state index in [1.165, 1.54) is 11.8 Å². The molecular weight excluding hydrogens is 338 g/mol. The van der Waals surface area contributed by atoms with Crippen LogP contribution in [0.15, 0.2) is 50.4 Å². The number of benzene rings is 1. The van der Waals surface area contributed by atoms with Gasteiger partial charge in [-0.2, -0.15) is 0 Å². The summed E-state index contributed by atoms with van der Waals surface area (Å²) in [5, 5.41) is 3.74. The van der Waals surface area contributed by atoms with Crippen molar-refractivity contribution in [3.05, 3.63) is 52.2 Å². The average molecular weight is 354 g/mol. The van der Waals surface area contributed by atoms with Gasteiger partial charge < -0.3 is 9.73 Å². The van der Waals surface area contributed by atoms with Crippen molar-refractivity contribution in [1.29, 1.82) is 0 Å². The van der Waals surface area contributed by atoms with Gasteiger partial charge in [-0.15, -0.1) is 0 Å². The van der Waals surface area contributed by atoms with Gasteiger partial charge >= 0.3 is 0 Å². The molecule has 0 spiro atoms. The van der Waals surface area contributed by atoms with Crippen molar-refractivity contribution in [2.45, 2.75) is 24.5 Å². The molecule has 0 aliphatic rings. The van der Waals surface area contributed by atoms with E-state index in [4.69, 9.17) is 4.42 Å². The molecule has 1 N–H and O–H groups in total. The van der Waals surface area contributed by atoms with E-state index in [2.05, 4.69) is 21.2 Å². The Morgan fingerprint density at radius 2 is 2.00 bits per heavy atom. The van der Waals surface area contributed by atoms with Gasteiger partial charge in [-0.05, 0) is 42.5 Å². The highest BCUT2D eigenvalue weighted by molar-refractivity contribution is 9.10. The third-order valence-corrected chi connectivity index (χ3v) is 4.14. The molecule has 0 saturated heterocycles. The maximum atomic E-state index is 12.2. The lowest BCUT2D eigenvalue weighted by Crippen LogP contribution is -2.27. The molecule has 106 valence electrons. The molecule has 20 heavy (non-hydrogen) atoms. The smallest absolute Gasteiger partial charge is 0.287 e. The Morgan fingerprint density at radius 1 is 1.30 bits per heavy atom. The lowest BCUT2D eigenvalue weighted by atomic mass is 10.0. The number of rotatable bonds is 5. The largest absolute Gasteiger partial charge is 0.445 e. The summed E-state index contributed by atoms with van der Waals surface area (Å²) in [6.07, 6.45) is 2.74. The van der Waals surface area contributed by atoms with Crippen LogP contribution in [0.5, 0.6) is 0 Å². The molecule has 0 aliphatic heterocycles. The van der Waals surface area contributed by atoms with Crippen molar-refractivity contribution >= 4 is 33.6 Å². The topological polar surface area (TPSA) is 42.2 Å². The molecule has 1 atom stereocenters. The Bertz CT molecular complexity index is 580. The van der Waals surface area contributed by atoms with Crippen molar-refractivity contribution in [3.63, 3.8) is 0 Å². The number of furan rings is 1. The van der Waals surface area contributed by atoms with Crippen molar-refractivity contribution in [1.82, 2.24) is 5.32 Å². The molecule has 1 aromatic carbocycles. The zero-order valence-electron chi connectivity index (χ0n) is 11.4. The fraction of sp³-hybridized carbons (Fsp3) is 0.267. The Morgan fingerprint density at radius 3 is 2.55 bits per heavy atom. The van der Waals surface area contributed by atoms with Gasteiger partial charge in [0.05, 0.1) is 6.04 Å². The van der Waals surface area contributed by atoms with Gasteiger partial charge in [-0.1, -0.05) is 46.7 Å². The monoisotopic (exact) mass is 353 g/mol. The van der Waals surface area contributed by atoms with Crippen molar-refractivity contribution in [2.24, 2.45) is 0 Å². The van der Waals surface area contributed by atoms with E-state index in [0.717, 1.165) is 21.5 Å². The quantitative estimate of drug-likeness (QED) is 0.795. The Hall–Kier alpha value is -1.20. The third kappa shape index (κ3) is 3.67. The van der Waals surface area contributed by atoms with Crippen molar-refractivity contribution in [3.8, 4) is 0 Å². The van der Waals surface area contributed by atoms with Crippen LogP contribution in [0.2, 0.25) is 0 Å². The summed E-state index contributed by atoms with van der Waals surface area (Å²) < 4.78 is 6.46. The molecule has 0 bridgehead atoms. The number of carbonyl (C=O) groups is 1. The molecule has 0 radical (unpaired) electrons. The number of nitrogens with one attached hydrogen (secondary N) is 1. The van der Waals surface area contributed by atoms with Crippen LogP contribution in [0.3, 0.4) is 0 Å². The third-order valence-electron chi connectivity index (χ3n) is 2.99. The summed E-state index contributed by atoms with van der Waals surface area (Å²) in [6.45, 7) is 2.04. The van der Waals surface area contributed by atoms with Gasteiger partial charge in [0, 0.05) is 4.47 Å². The van der Waals surface area contributed by atoms with Crippen LogP contribution < -0.4 is 5.32 Å². The molecule has 1 heterocycles. The number of halogens is 1. The molecule has 1 aromatic heterocycles. The van der Waals surface area contributed by atoms with Crippen LogP contribution in [0.25, 0.3) is 0 Å². The molecule has 0 saturated carbocycles. The molecule has 2 aromatic rings. The summed E-state index contributed by atoms with van der Waals surface area (Å²) in [4.78, 5) is 12.2. The Kier molecular flexibility index (Phi) is 5.31. The minimum Gasteiger partial charge on any atom is -0.445 e. The SMILES string of the molecule is CCC(NC(=O)c1ccc(SC)o1)c1ccc(Br)cc1. The average Bonchev–Trinajstić information content (AvgIpc) is 2.94. The number of thioether (sulfide) groups is 1. The normalized spacial score (nSPS) is 12.2. The van der Waals surface area contributed by atoms with Crippen LogP contribution in [-0.2, 0) is 0 Å². The van der Waals surface area contributed by atoms with Crippen LogP contribution in [0.1, 0.15) is 35.5 Å². The highest BCUT2D eigenvalue weighted by Gasteiger charge is 2.16. The summed E-state index contributed by atoms with van der Waals surface area (Å²) in [7, 11) is 0. The maximum Gasteiger partial charge on any atom is 0.287 e. The van der Waals surface area contributed by atoms with Gasteiger partial charge in [0.25, 0.3) is 5.91 Å². The molecule has 1 amide bonds. The minimum atomic E-state index is -0.180. The molecule has 0 fully saturated rings. The van der Waals surface area contributed by atoms with E-state index in [-0.39, 0.29) is 11.9 Å². The van der Waals surface area contributed by atoms with E-state index in [1.54, 1.807) is 12.1 Å². The van der Waals surface area contributed by atoms with E-state index in [0.29, 0.717) is 5.76 Å². The number of hydrogen-bond acceptors (Lipinski definition) is 3. The van der Waals surface area contributed by atoms with Gasteiger partial charge in [0.15, 0.2) is 10.9 Å². The van der Waals surface area contributed by atoms with Gasteiger partial charge in [0.2, 0.25) is 0 Å². The minimum absolute atomic E-state index is 0.0153. The second-order valence-corrected chi connectivity index (χ2v) is 6.03. The highest BCUT2D eigenvalue weighted by atomic mass is 79.9. The molecule has 3 nitrogen and oxygen atoms in total. The standard InChI is InChI=1S/C15H16BrNO2S/c1-3-12(10-4-6-11(16)7-5-10)17-15(18)13-8-9-14(19-13)20-2/h4-9,12H,3H2,1-2H3,(H,17,18). The first-order valence-electron chi connectivity index (χ1n) is 6.34. The second kappa shape index (κ2) is 6.99. The van der Waals surface area contributed by atoms with Gasteiger partial charge in [-0.25, -0.2) is 0 Å². The summed E-state index contributed by atoms with van der Waals surface area (Å²) in [5.41, 5.74) is 1.08. The Balaban J connectivity index is 2.09. The molecule has 5 heteroatoms. The highest BCUT2D eigenvalue weighted by Crippen LogP contribution is 2.22. The lowest BCUT2D eigenvalue weighted by Gasteiger charge is -2.16. The Labute approximate surface area is 131 Å². The van der Waals surface area contributed by atoms with E-state index >= 15 is 0 Å². The second-order valence-electron chi connectivity index (χ2n) is 4.31. The van der Waals surface area contributed by atoms with Crippen molar-refractivity contribution in [2.75, 3.05) is 6.26 Å². The van der Waals surface area contributed by atoms with Crippen LogP contribution >= 0.6 is 27.7 Å². The van der Waals surface area contributed by atoms with E-state index in [9.17, 15) is 4.79 Å². The zero-order valence-corrected chi connectivity index (χ0v) is 13.8. The van der Waals surface area contributed by atoms with Gasteiger partial charge in [0.1, 0.15) is 0 Å². The molecule has 1 unspecified atom stereocenters. The number of amides is 1. The summed E-state index contributed by atoms with van der Waals surface area (Å²) in [6, 6.07) is 11.5. The maximum absolute atomic E-state index is 12.2. The summed E-state index contributed by atoms with van der Waals surface area (Å²) in [5.74, 6) is 0.171. The predicted octanol–water partition coefficient (Wildman–Crippen LogP) is 4.65. The van der Waals surface area contributed by atoms with Crippen LogP contribution in [-0.4, -0.2) is 12.2 Å². The molecule has 0 aliphatic carbocycles. The fourth-order valence-electron chi connectivity index (χ4n) is 1.90. The predicted molar refractivity (Wildman–Crippen MR) is 85.1 cm³/mol. The summed E-state index contributed by atoms with van der Waals surface area (Å²) >= 11 is 4.89. The van der Waals surface area contributed by atoms with E-state index < -0.39 is 0 Å². The lowest BCUT2D eigenvalue weighted by molar-refractivity contribution is 0.0902. The number of carbonyl (C=O) groups excluding carboxylic acids is 1. The van der Waals surface area contributed by atoms with Gasteiger partial charge in [-0.3, -0.25) is 4.79 Å². The first kappa shape index (κ1) is 15.2. The molecular formula is C15H16BrNO2S. The van der Waals surface area contributed by atoms with E-state index in [1.807, 2.05) is 37.4 Å². The zero-order chi connectivity index (χ0) is 14.5. The van der Waals surface area contributed by atoms with Crippen molar-refractivity contribution < 1.29 is 9.21 Å². The first-order chi connectivity index (χ1) is 9.63. The van der Waals surface area contributed by atoms with Crippen LogP contribution in [0, 0.1) is 0 Å². The van der Waals surface area contributed by atoms with Crippen LogP contribution in [0.4, 0.5) is 0 Å².